The second-order valence-corrected chi connectivity index (χ2v) is 11.6. The van der Waals surface area contributed by atoms with E-state index in [2.05, 4.69) is 0 Å². The first-order valence-corrected chi connectivity index (χ1v) is 12.9. The first-order valence-electron chi connectivity index (χ1n) is 12.9. The van der Waals surface area contributed by atoms with Crippen LogP contribution in [0.5, 0.6) is 0 Å². The Balaban J connectivity index is 1.65. The summed E-state index contributed by atoms with van der Waals surface area (Å²) in [6, 6.07) is 10.3. The maximum absolute atomic E-state index is 14.1. The maximum atomic E-state index is 14.1. The zero-order valence-electron chi connectivity index (χ0n) is 22.7. The molecule has 0 radical (unpaired) electrons. The number of Topliss-reactive ketones (excluding diaryl/α,β-unsaturated/α-hetero) is 2. The number of hydrogen-bond donors (Lipinski definition) is 0. The van der Waals surface area contributed by atoms with E-state index in [1.165, 1.54) is 0 Å². The van der Waals surface area contributed by atoms with E-state index < -0.39 is 56.9 Å². The van der Waals surface area contributed by atoms with Gasteiger partial charge in [-0.25, -0.2) is 0 Å². The molecule has 0 N–H and O–H groups in total. The van der Waals surface area contributed by atoms with Gasteiger partial charge >= 0.3 is 0 Å². The van der Waals surface area contributed by atoms with E-state index in [0.717, 1.165) is 0 Å². The van der Waals surface area contributed by atoms with Gasteiger partial charge in [-0.05, 0) is 50.6 Å². The minimum Gasteiger partial charge on any atom is -0.343 e. The highest BCUT2D eigenvalue weighted by atomic mass is 16.7. The van der Waals surface area contributed by atoms with Gasteiger partial charge in [0.05, 0.1) is 12.8 Å². The van der Waals surface area contributed by atoms with Gasteiger partial charge in [-0.2, -0.15) is 0 Å². The summed E-state index contributed by atoms with van der Waals surface area (Å²) in [6.45, 7) is 4.95. The third-order valence-corrected chi connectivity index (χ3v) is 7.83. The molecular formula is C28H30N2O10. The third-order valence-electron chi connectivity index (χ3n) is 7.83. The van der Waals surface area contributed by atoms with Gasteiger partial charge in [0.25, 0.3) is 11.1 Å². The van der Waals surface area contributed by atoms with Crippen molar-refractivity contribution in [3.8, 4) is 0 Å². The van der Waals surface area contributed by atoms with Crippen LogP contribution in [0.2, 0.25) is 0 Å². The molecule has 40 heavy (non-hydrogen) atoms. The van der Waals surface area contributed by atoms with Gasteiger partial charge in [0, 0.05) is 32.1 Å². The monoisotopic (exact) mass is 554 g/mol. The lowest BCUT2D eigenvalue weighted by Gasteiger charge is -2.40. The number of ether oxygens (including phenoxy) is 4. The molecule has 1 aliphatic carbocycles. The summed E-state index contributed by atoms with van der Waals surface area (Å²) in [7, 11) is 0. The van der Waals surface area contributed by atoms with Crippen molar-refractivity contribution in [2.45, 2.75) is 63.2 Å². The second kappa shape index (κ2) is 9.51. The topological polar surface area (TPSA) is 157 Å². The van der Waals surface area contributed by atoms with Gasteiger partial charge in [0.15, 0.2) is 23.1 Å². The van der Waals surface area contributed by atoms with Crippen LogP contribution in [-0.2, 0) is 18.9 Å². The Morgan fingerprint density at radius 1 is 0.675 bits per heavy atom. The molecule has 5 rings (SSSR count). The molecule has 0 spiro atoms. The standard InChI is InChI=1S/C28H30N2O10/c1-25(2)37-13-27(14-38-25,29(33)34)11-21-22(12-28(30(35)36)15-39-26(3,4)40-16-28)24(32)20-10-18-8-6-5-7-17(18)9-19(20)23(21)31/h5-10H,11-16H2,1-4H3. The van der Waals surface area contributed by atoms with Crippen LogP contribution in [0.3, 0.4) is 0 Å². The van der Waals surface area contributed by atoms with Gasteiger partial charge < -0.3 is 18.9 Å². The summed E-state index contributed by atoms with van der Waals surface area (Å²) in [5.74, 6) is -3.35. The lowest BCUT2D eigenvalue weighted by Crippen LogP contribution is -2.57. The largest absolute Gasteiger partial charge is 0.343 e. The van der Waals surface area contributed by atoms with Crippen molar-refractivity contribution < 1.29 is 38.4 Å². The number of carbonyl (C=O) groups excluding carboxylic acids is 2. The molecule has 2 aliphatic heterocycles. The van der Waals surface area contributed by atoms with E-state index in [-0.39, 0.29) is 48.7 Å². The molecule has 2 saturated heterocycles. The lowest BCUT2D eigenvalue weighted by molar-refractivity contribution is -0.596. The van der Waals surface area contributed by atoms with Crippen molar-refractivity contribution in [1.82, 2.24) is 0 Å². The number of ketones is 2. The number of nitrogens with zero attached hydrogens (tertiary/aromatic N) is 2. The van der Waals surface area contributed by atoms with Crippen molar-refractivity contribution in [2.75, 3.05) is 26.4 Å². The van der Waals surface area contributed by atoms with Crippen molar-refractivity contribution in [3.05, 3.63) is 78.9 Å². The molecule has 0 saturated carbocycles. The summed E-state index contributed by atoms with van der Waals surface area (Å²) in [5.41, 5.74) is -3.92. The Hall–Kier alpha value is -3.58. The van der Waals surface area contributed by atoms with Crippen LogP contribution in [0.15, 0.2) is 47.5 Å². The number of nitro groups is 2. The van der Waals surface area contributed by atoms with Crippen LogP contribution in [0.25, 0.3) is 10.8 Å². The highest BCUT2D eigenvalue weighted by molar-refractivity contribution is 6.28. The van der Waals surface area contributed by atoms with Crippen LogP contribution in [-0.4, -0.2) is 70.5 Å². The SMILES string of the molecule is CC1(C)OCC(CC2=C(CC3([N+](=O)[O-])COC(C)(C)OC3)C(=O)c3cc4ccccc4cc3C2=O)([N+](=O)[O-])CO1. The maximum Gasteiger partial charge on any atom is 0.272 e. The van der Waals surface area contributed by atoms with Crippen molar-refractivity contribution >= 4 is 22.3 Å². The Kier molecular flexibility index (Phi) is 6.65. The molecule has 0 aromatic heterocycles. The zero-order valence-corrected chi connectivity index (χ0v) is 22.7. The fraction of sp³-hybridized carbons (Fsp3) is 0.500. The smallest absolute Gasteiger partial charge is 0.272 e. The van der Waals surface area contributed by atoms with E-state index in [9.17, 15) is 29.8 Å². The molecule has 3 aliphatic rings. The number of hydrogen-bond acceptors (Lipinski definition) is 10. The molecule has 2 heterocycles. The molecule has 12 nitrogen and oxygen atoms in total. The fourth-order valence-corrected chi connectivity index (χ4v) is 5.19. The van der Waals surface area contributed by atoms with Gasteiger partial charge in [0.1, 0.15) is 26.4 Å². The highest BCUT2D eigenvalue weighted by Crippen LogP contribution is 2.41. The lowest BCUT2D eigenvalue weighted by atomic mass is 9.74. The van der Waals surface area contributed by atoms with Gasteiger partial charge in [0.2, 0.25) is 0 Å². The molecule has 212 valence electrons. The minimum atomic E-state index is -1.89. The third kappa shape index (κ3) is 4.81. The quantitative estimate of drug-likeness (QED) is 0.379. The van der Waals surface area contributed by atoms with Gasteiger partial charge in [-0.1, -0.05) is 24.3 Å². The van der Waals surface area contributed by atoms with E-state index in [1.807, 2.05) is 0 Å². The molecule has 0 bridgehead atoms. The van der Waals surface area contributed by atoms with Crippen LogP contribution in [0.1, 0.15) is 61.3 Å². The van der Waals surface area contributed by atoms with Gasteiger partial charge in [-0.15, -0.1) is 0 Å². The van der Waals surface area contributed by atoms with Crippen molar-refractivity contribution in [3.63, 3.8) is 0 Å². The highest BCUT2D eigenvalue weighted by Gasteiger charge is 2.55. The number of rotatable bonds is 6. The Morgan fingerprint density at radius 3 is 1.30 bits per heavy atom. The summed E-state index contributed by atoms with van der Waals surface area (Å²) in [4.78, 5) is 51.7. The van der Waals surface area contributed by atoms with Crippen LogP contribution >= 0.6 is 0 Å². The summed E-state index contributed by atoms with van der Waals surface area (Å²) >= 11 is 0. The molecule has 0 unspecified atom stereocenters. The van der Waals surface area contributed by atoms with Crippen LogP contribution in [0.4, 0.5) is 0 Å². The Labute approximate surface area is 229 Å². The molecule has 2 aromatic carbocycles. The first kappa shape index (κ1) is 28.0. The number of fused-ring (bicyclic) bond motifs is 2. The second-order valence-electron chi connectivity index (χ2n) is 11.6. The van der Waals surface area contributed by atoms with Crippen LogP contribution in [0, 0.1) is 20.2 Å². The summed E-state index contributed by atoms with van der Waals surface area (Å²) in [6.07, 6.45) is -1.02. The Bertz CT molecular complexity index is 1350. The predicted molar refractivity (Wildman–Crippen MR) is 140 cm³/mol. The summed E-state index contributed by atoms with van der Waals surface area (Å²) in [5, 5.41) is 26.2. The fourth-order valence-electron chi connectivity index (χ4n) is 5.19. The normalized spacial score (nSPS) is 23.1. The summed E-state index contributed by atoms with van der Waals surface area (Å²) < 4.78 is 22.4. The molecule has 2 fully saturated rings. The predicted octanol–water partition coefficient (Wildman–Crippen LogP) is 3.89. The number of carbonyl (C=O) groups is 2. The first-order chi connectivity index (χ1) is 18.7. The molecule has 0 amide bonds. The van der Waals surface area contributed by atoms with Crippen molar-refractivity contribution in [1.29, 1.82) is 0 Å². The van der Waals surface area contributed by atoms with Crippen molar-refractivity contribution in [2.24, 2.45) is 0 Å². The number of benzene rings is 2. The zero-order chi connectivity index (χ0) is 29.1. The average Bonchev–Trinajstić information content (AvgIpc) is 2.90. The van der Waals surface area contributed by atoms with E-state index in [0.29, 0.717) is 10.8 Å². The minimum absolute atomic E-state index is 0.0892. The van der Waals surface area contributed by atoms with E-state index in [4.69, 9.17) is 18.9 Å². The molecule has 12 heteroatoms. The average molecular weight is 555 g/mol. The van der Waals surface area contributed by atoms with Crippen LogP contribution < -0.4 is 0 Å². The molecular weight excluding hydrogens is 524 g/mol. The van der Waals surface area contributed by atoms with Gasteiger partial charge in [-0.3, -0.25) is 29.8 Å². The molecule has 2 aromatic rings. The van der Waals surface area contributed by atoms with E-state index >= 15 is 0 Å². The Morgan fingerprint density at radius 2 is 1.00 bits per heavy atom. The molecule has 0 atom stereocenters. The van der Waals surface area contributed by atoms with E-state index in [1.54, 1.807) is 64.1 Å².